The number of carbonyl (C=O) groups is 2. The summed E-state index contributed by atoms with van der Waals surface area (Å²) in [6.07, 6.45) is 0.928. The fraction of sp³-hybridized carbons (Fsp3) is 0.222. The van der Waals surface area contributed by atoms with Crippen LogP contribution in [-0.2, 0) is 16.0 Å². The van der Waals surface area contributed by atoms with Crippen molar-refractivity contribution in [3.63, 3.8) is 0 Å². The van der Waals surface area contributed by atoms with Gasteiger partial charge in [0.2, 0.25) is 0 Å². The summed E-state index contributed by atoms with van der Waals surface area (Å²) in [5, 5.41) is 0. The largest absolute Gasteiger partial charge is 0.468 e. The molecule has 0 unspecified atom stereocenters. The number of esters is 1. The second-order valence-electron chi connectivity index (χ2n) is 5.20. The zero-order valence-corrected chi connectivity index (χ0v) is 13.1. The Morgan fingerprint density at radius 3 is 2.64 bits per heavy atom. The van der Waals surface area contributed by atoms with Crippen LogP contribution in [0.2, 0.25) is 0 Å². The number of carbonyl (C=O) groups excluding carboxylic acids is 2. The summed E-state index contributed by atoms with van der Waals surface area (Å²) in [6.45, 7) is 0. The van der Waals surface area contributed by atoms with E-state index < -0.39 is 0 Å². The zero-order chi connectivity index (χ0) is 15.5. The molecule has 0 bridgehead atoms. The molecule has 3 rings (SSSR count). The lowest BCUT2D eigenvalue weighted by Crippen LogP contribution is -2.08. The number of ketones is 1. The maximum atomic E-state index is 12.3. The van der Waals surface area contributed by atoms with Gasteiger partial charge in [-0.05, 0) is 34.7 Å². The number of ether oxygens (including phenoxy) is 1. The van der Waals surface area contributed by atoms with E-state index in [2.05, 4.69) is 16.9 Å². The van der Waals surface area contributed by atoms with Crippen molar-refractivity contribution in [3.05, 3.63) is 59.2 Å². The normalized spacial score (nSPS) is 11.7. The first-order valence-corrected chi connectivity index (χ1v) is 8.23. The van der Waals surface area contributed by atoms with Crippen molar-refractivity contribution in [2.75, 3.05) is 18.6 Å². The minimum atomic E-state index is -0.305. The van der Waals surface area contributed by atoms with E-state index >= 15 is 0 Å². The molecule has 1 aliphatic carbocycles. The standard InChI is InChI=1S/C18H16O3S/c1-21-18(20)11-22-10-17(19)14-7-6-13-8-12-4-2-3-5-15(12)16(13)9-14/h2-7,9H,8,10-11H2,1H3. The molecule has 1 aliphatic rings. The van der Waals surface area contributed by atoms with Gasteiger partial charge in [-0.1, -0.05) is 36.4 Å². The van der Waals surface area contributed by atoms with E-state index in [1.54, 1.807) is 0 Å². The van der Waals surface area contributed by atoms with Crippen LogP contribution in [0.1, 0.15) is 21.5 Å². The molecular weight excluding hydrogens is 296 g/mol. The number of Topliss-reactive ketones (excluding diaryl/α,β-unsaturated/α-hetero) is 1. The van der Waals surface area contributed by atoms with Crippen LogP contribution >= 0.6 is 11.8 Å². The van der Waals surface area contributed by atoms with Crippen LogP contribution in [0, 0.1) is 0 Å². The Bertz CT molecular complexity index is 737. The number of fused-ring (bicyclic) bond motifs is 3. The molecule has 0 N–H and O–H groups in total. The van der Waals surface area contributed by atoms with Crippen molar-refractivity contribution in [3.8, 4) is 11.1 Å². The number of thioether (sulfide) groups is 1. The van der Waals surface area contributed by atoms with Gasteiger partial charge in [0.05, 0.1) is 18.6 Å². The number of methoxy groups -OCH3 is 1. The highest BCUT2D eigenvalue weighted by Gasteiger charge is 2.19. The highest BCUT2D eigenvalue weighted by molar-refractivity contribution is 8.00. The Morgan fingerprint density at radius 1 is 1.05 bits per heavy atom. The predicted octanol–water partition coefficient (Wildman–Crippen LogP) is 3.35. The Balaban J connectivity index is 1.75. The molecule has 2 aromatic carbocycles. The van der Waals surface area contributed by atoms with Gasteiger partial charge in [-0.3, -0.25) is 9.59 Å². The van der Waals surface area contributed by atoms with E-state index in [4.69, 9.17) is 0 Å². The summed E-state index contributed by atoms with van der Waals surface area (Å²) in [5.74, 6) is 0.229. The molecule has 0 aliphatic heterocycles. The number of benzene rings is 2. The molecule has 3 nitrogen and oxygen atoms in total. The molecule has 0 saturated heterocycles. The third-order valence-electron chi connectivity index (χ3n) is 3.80. The van der Waals surface area contributed by atoms with Gasteiger partial charge in [-0.25, -0.2) is 0 Å². The van der Waals surface area contributed by atoms with Crippen LogP contribution in [0.25, 0.3) is 11.1 Å². The Kier molecular flexibility index (Phi) is 4.29. The lowest BCUT2D eigenvalue weighted by molar-refractivity contribution is -0.137. The fourth-order valence-corrected chi connectivity index (χ4v) is 3.41. The molecule has 0 atom stereocenters. The second kappa shape index (κ2) is 6.36. The summed E-state index contributed by atoms with van der Waals surface area (Å²) in [6, 6.07) is 14.2. The van der Waals surface area contributed by atoms with Gasteiger partial charge in [0.15, 0.2) is 5.78 Å². The molecule has 0 amide bonds. The number of hydrogen-bond donors (Lipinski definition) is 0. The minimum Gasteiger partial charge on any atom is -0.468 e. The topological polar surface area (TPSA) is 43.4 Å². The van der Waals surface area contributed by atoms with Crippen molar-refractivity contribution in [2.24, 2.45) is 0 Å². The maximum Gasteiger partial charge on any atom is 0.315 e. The molecule has 0 saturated carbocycles. The second-order valence-corrected chi connectivity index (χ2v) is 6.18. The molecule has 112 valence electrons. The highest BCUT2D eigenvalue weighted by atomic mass is 32.2. The average Bonchev–Trinajstić information content (AvgIpc) is 2.92. The molecule has 22 heavy (non-hydrogen) atoms. The first-order chi connectivity index (χ1) is 10.7. The van der Waals surface area contributed by atoms with E-state index in [0.29, 0.717) is 5.56 Å². The Hall–Kier alpha value is -2.07. The van der Waals surface area contributed by atoms with Crippen molar-refractivity contribution >= 4 is 23.5 Å². The lowest BCUT2D eigenvalue weighted by Gasteiger charge is -2.05. The summed E-state index contributed by atoms with van der Waals surface area (Å²) < 4.78 is 4.57. The zero-order valence-electron chi connectivity index (χ0n) is 12.3. The first kappa shape index (κ1) is 14.9. The summed E-state index contributed by atoms with van der Waals surface area (Å²) in [4.78, 5) is 23.3. The van der Waals surface area contributed by atoms with Crippen LogP contribution < -0.4 is 0 Å². The van der Waals surface area contributed by atoms with E-state index in [0.717, 1.165) is 12.0 Å². The Labute approximate surface area is 133 Å². The van der Waals surface area contributed by atoms with Gasteiger partial charge >= 0.3 is 5.97 Å². The van der Waals surface area contributed by atoms with Gasteiger partial charge < -0.3 is 4.74 Å². The van der Waals surface area contributed by atoms with Gasteiger partial charge in [0.1, 0.15) is 0 Å². The van der Waals surface area contributed by atoms with Crippen molar-refractivity contribution < 1.29 is 14.3 Å². The van der Waals surface area contributed by atoms with Gasteiger partial charge in [-0.15, -0.1) is 11.8 Å². The minimum absolute atomic E-state index is 0.0427. The molecule has 0 fully saturated rings. The molecule has 2 aromatic rings. The van der Waals surface area contributed by atoms with Gasteiger partial charge in [0, 0.05) is 5.56 Å². The highest BCUT2D eigenvalue weighted by Crippen LogP contribution is 2.36. The van der Waals surface area contributed by atoms with E-state index in [1.165, 1.54) is 35.6 Å². The SMILES string of the molecule is COC(=O)CSCC(=O)c1ccc2c(c1)-c1ccccc1C2. The Morgan fingerprint density at radius 2 is 1.82 bits per heavy atom. The third kappa shape index (κ3) is 2.92. The number of rotatable bonds is 5. The monoisotopic (exact) mass is 312 g/mol. The number of hydrogen-bond acceptors (Lipinski definition) is 4. The molecule has 0 spiro atoms. The molecular formula is C18H16O3S. The lowest BCUT2D eigenvalue weighted by atomic mass is 10.0. The van der Waals surface area contributed by atoms with Gasteiger partial charge in [-0.2, -0.15) is 0 Å². The quantitative estimate of drug-likeness (QED) is 0.535. The predicted molar refractivity (Wildman–Crippen MR) is 88.4 cm³/mol. The average molecular weight is 312 g/mol. The van der Waals surface area contributed by atoms with Crippen molar-refractivity contribution in [1.29, 1.82) is 0 Å². The molecule has 4 heteroatoms. The van der Waals surface area contributed by atoms with Crippen LogP contribution in [0.5, 0.6) is 0 Å². The molecule has 0 heterocycles. The van der Waals surface area contributed by atoms with E-state index in [9.17, 15) is 9.59 Å². The van der Waals surface area contributed by atoms with Crippen LogP contribution in [0.15, 0.2) is 42.5 Å². The van der Waals surface area contributed by atoms with Crippen molar-refractivity contribution in [1.82, 2.24) is 0 Å². The molecule has 0 radical (unpaired) electrons. The van der Waals surface area contributed by atoms with E-state index in [-0.39, 0.29) is 23.3 Å². The summed E-state index contributed by atoms with van der Waals surface area (Å²) in [5.41, 5.74) is 5.64. The fourth-order valence-electron chi connectivity index (χ4n) is 2.67. The summed E-state index contributed by atoms with van der Waals surface area (Å²) in [7, 11) is 1.35. The smallest absolute Gasteiger partial charge is 0.315 e. The van der Waals surface area contributed by atoms with Gasteiger partial charge in [0.25, 0.3) is 0 Å². The van der Waals surface area contributed by atoms with Crippen LogP contribution in [-0.4, -0.2) is 30.4 Å². The van der Waals surface area contributed by atoms with Crippen molar-refractivity contribution in [2.45, 2.75) is 6.42 Å². The van der Waals surface area contributed by atoms with Crippen LogP contribution in [0.4, 0.5) is 0 Å². The molecule has 0 aromatic heterocycles. The van der Waals surface area contributed by atoms with E-state index in [1.807, 2.05) is 30.3 Å². The van der Waals surface area contributed by atoms with Crippen LogP contribution in [0.3, 0.4) is 0 Å². The maximum absolute atomic E-state index is 12.3. The summed E-state index contributed by atoms with van der Waals surface area (Å²) >= 11 is 1.28. The third-order valence-corrected chi connectivity index (χ3v) is 4.71. The first-order valence-electron chi connectivity index (χ1n) is 7.08.